The van der Waals surface area contributed by atoms with E-state index in [2.05, 4.69) is 16.9 Å². The quantitative estimate of drug-likeness (QED) is 0.685. The lowest BCUT2D eigenvalue weighted by Gasteiger charge is -2.18. The topological polar surface area (TPSA) is 41.3 Å². The Morgan fingerprint density at radius 3 is 2.85 bits per heavy atom. The molecule has 0 saturated carbocycles. The van der Waals surface area contributed by atoms with E-state index in [1.807, 2.05) is 16.9 Å². The predicted molar refractivity (Wildman–Crippen MR) is 51.4 cm³/mol. The zero-order chi connectivity index (χ0) is 9.52. The molecule has 0 aliphatic heterocycles. The minimum atomic E-state index is 0.229. The summed E-state index contributed by atoms with van der Waals surface area (Å²) in [4.78, 5) is 2.20. The Kier molecular flexibility index (Phi) is 4.49. The van der Waals surface area contributed by atoms with Crippen LogP contribution in [0.1, 0.15) is 6.92 Å². The average Bonchev–Trinajstić information content (AvgIpc) is 2.64. The van der Waals surface area contributed by atoms with E-state index < -0.39 is 0 Å². The van der Waals surface area contributed by atoms with Crippen LogP contribution >= 0.6 is 0 Å². The fourth-order valence-electron chi connectivity index (χ4n) is 1.25. The molecule has 0 aromatic carbocycles. The summed E-state index contributed by atoms with van der Waals surface area (Å²) in [6.45, 7) is 5.88. The number of nitrogens with zero attached hydrogens (tertiary/aromatic N) is 3. The Hall–Kier alpha value is -0.870. The van der Waals surface area contributed by atoms with Gasteiger partial charge in [-0.1, -0.05) is 6.92 Å². The van der Waals surface area contributed by atoms with Crippen LogP contribution in [0, 0.1) is 0 Å². The SMILES string of the molecule is CCN(CCO)CCn1cccn1. The van der Waals surface area contributed by atoms with Crippen molar-refractivity contribution in [1.29, 1.82) is 0 Å². The van der Waals surface area contributed by atoms with Crippen LogP contribution in [0.15, 0.2) is 18.5 Å². The van der Waals surface area contributed by atoms with Crippen molar-refractivity contribution in [1.82, 2.24) is 14.7 Å². The van der Waals surface area contributed by atoms with Gasteiger partial charge in [-0.05, 0) is 12.6 Å². The highest BCUT2D eigenvalue weighted by molar-refractivity contribution is 4.77. The summed E-state index contributed by atoms with van der Waals surface area (Å²) >= 11 is 0. The van der Waals surface area contributed by atoms with Crippen molar-refractivity contribution >= 4 is 0 Å². The van der Waals surface area contributed by atoms with E-state index in [1.54, 1.807) is 6.20 Å². The third-order valence-corrected chi connectivity index (χ3v) is 2.07. The normalized spacial score (nSPS) is 11.0. The van der Waals surface area contributed by atoms with Gasteiger partial charge in [0.1, 0.15) is 0 Å². The highest BCUT2D eigenvalue weighted by Crippen LogP contribution is 1.90. The monoisotopic (exact) mass is 183 g/mol. The summed E-state index contributed by atoms with van der Waals surface area (Å²) < 4.78 is 1.90. The van der Waals surface area contributed by atoms with Crippen molar-refractivity contribution < 1.29 is 5.11 Å². The summed E-state index contributed by atoms with van der Waals surface area (Å²) in [5, 5.41) is 12.9. The maximum Gasteiger partial charge on any atom is 0.0558 e. The fraction of sp³-hybridized carbons (Fsp3) is 0.667. The van der Waals surface area contributed by atoms with Gasteiger partial charge in [-0.15, -0.1) is 0 Å². The molecule has 4 nitrogen and oxygen atoms in total. The fourth-order valence-corrected chi connectivity index (χ4v) is 1.25. The highest BCUT2D eigenvalue weighted by Gasteiger charge is 2.00. The molecular formula is C9H17N3O. The van der Waals surface area contributed by atoms with Gasteiger partial charge in [0.2, 0.25) is 0 Å². The number of aliphatic hydroxyl groups excluding tert-OH is 1. The van der Waals surface area contributed by atoms with Gasteiger partial charge >= 0.3 is 0 Å². The first-order valence-corrected chi connectivity index (χ1v) is 4.67. The van der Waals surface area contributed by atoms with Crippen LogP contribution in [0.25, 0.3) is 0 Å². The van der Waals surface area contributed by atoms with Gasteiger partial charge in [0, 0.05) is 25.5 Å². The van der Waals surface area contributed by atoms with Gasteiger partial charge < -0.3 is 5.11 Å². The Bertz CT molecular complexity index is 211. The van der Waals surface area contributed by atoms with Crippen molar-refractivity contribution in [2.24, 2.45) is 0 Å². The zero-order valence-corrected chi connectivity index (χ0v) is 8.06. The molecule has 0 fully saturated rings. The summed E-state index contributed by atoms with van der Waals surface area (Å²) in [5.41, 5.74) is 0. The van der Waals surface area contributed by atoms with Crippen molar-refractivity contribution in [3.05, 3.63) is 18.5 Å². The first kappa shape index (κ1) is 10.2. The van der Waals surface area contributed by atoms with Gasteiger partial charge in [0.25, 0.3) is 0 Å². The van der Waals surface area contributed by atoms with Crippen molar-refractivity contribution in [2.75, 3.05) is 26.2 Å². The van der Waals surface area contributed by atoms with E-state index in [0.29, 0.717) is 0 Å². The van der Waals surface area contributed by atoms with Gasteiger partial charge in [-0.3, -0.25) is 9.58 Å². The molecule has 0 bridgehead atoms. The lowest BCUT2D eigenvalue weighted by atomic mass is 10.4. The van der Waals surface area contributed by atoms with E-state index in [1.165, 1.54) is 0 Å². The number of rotatable bonds is 6. The minimum absolute atomic E-state index is 0.229. The summed E-state index contributed by atoms with van der Waals surface area (Å²) in [6, 6.07) is 1.92. The van der Waals surface area contributed by atoms with Gasteiger partial charge in [0.15, 0.2) is 0 Å². The maximum absolute atomic E-state index is 8.76. The van der Waals surface area contributed by atoms with Crippen molar-refractivity contribution in [3.8, 4) is 0 Å². The number of aliphatic hydroxyl groups is 1. The molecule has 1 heterocycles. The third kappa shape index (κ3) is 3.57. The molecule has 0 amide bonds. The molecule has 1 rings (SSSR count). The first-order chi connectivity index (χ1) is 6.36. The smallest absolute Gasteiger partial charge is 0.0558 e. The Balaban J connectivity index is 2.23. The summed E-state index contributed by atoms with van der Waals surface area (Å²) in [6.07, 6.45) is 3.73. The van der Waals surface area contributed by atoms with E-state index >= 15 is 0 Å². The number of hydrogen-bond donors (Lipinski definition) is 1. The lowest BCUT2D eigenvalue weighted by molar-refractivity contribution is 0.196. The van der Waals surface area contributed by atoms with E-state index in [-0.39, 0.29) is 6.61 Å². The lowest BCUT2D eigenvalue weighted by Crippen LogP contribution is -2.30. The number of likely N-dealkylation sites (N-methyl/N-ethyl adjacent to an activating group) is 1. The standard InChI is InChI=1S/C9H17N3O/c1-2-11(8-9-13)6-7-12-5-3-4-10-12/h3-5,13H,2,6-9H2,1H3. The molecule has 13 heavy (non-hydrogen) atoms. The highest BCUT2D eigenvalue weighted by atomic mass is 16.3. The molecule has 0 atom stereocenters. The molecule has 4 heteroatoms. The van der Waals surface area contributed by atoms with Crippen LogP contribution in [0.2, 0.25) is 0 Å². The van der Waals surface area contributed by atoms with Crippen LogP contribution in [0.5, 0.6) is 0 Å². The third-order valence-electron chi connectivity index (χ3n) is 2.07. The van der Waals surface area contributed by atoms with E-state index in [0.717, 1.165) is 26.2 Å². The second kappa shape index (κ2) is 5.72. The molecule has 0 saturated heterocycles. The largest absolute Gasteiger partial charge is 0.395 e. The Labute approximate surface area is 78.8 Å². The van der Waals surface area contributed by atoms with Crippen LogP contribution < -0.4 is 0 Å². The first-order valence-electron chi connectivity index (χ1n) is 4.67. The van der Waals surface area contributed by atoms with Crippen LogP contribution in [-0.4, -0.2) is 46.0 Å². The van der Waals surface area contributed by atoms with Gasteiger partial charge in [-0.25, -0.2) is 0 Å². The summed E-state index contributed by atoms with van der Waals surface area (Å²) in [5.74, 6) is 0. The Morgan fingerprint density at radius 1 is 1.46 bits per heavy atom. The second-order valence-corrected chi connectivity index (χ2v) is 2.93. The van der Waals surface area contributed by atoms with E-state index in [9.17, 15) is 0 Å². The molecule has 1 aromatic heterocycles. The zero-order valence-electron chi connectivity index (χ0n) is 8.06. The molecule has 1 aromatic rings. The van der Waals surface area contributed by atoms with E-state index in [4.69, 9.17) is 5.11 Å². The molecule has 0 unspecified atom stereocenters. The molecule has 0 aliphatic carbocycles. The molecule has 0 aliphatic rings. The Morgan fingerprint density at radius 2 is 2.31 bits per heavy atom. The molecule has 0 spiro atoms. The van der Waals surface area contributed by atoms with Crippen molar-refractivity contribution in [2.45, 2.75) is 13.5 Å². The van der Waals surface area contributed by atoms with Crippen LogP contribution in [-0.2, 0) is 6.54 Å². The average molecular weight is 183 g/mol. The molecule has 1 N–H and O–H groups in total. The van der Waals surface area contributed by atoms with Gasteiger partial charge in [-0.2, -0.15) is 5.10 Å². The second-order valence-electron chi connectivity index (χ2n) is 2.93. The molecule has 74 valence electrons. The minimum Gasteiger partial charge on any atom is -0.395 e. The molecule has 0 radical (unpaired) electrons. The van der Waals surface area contributed by atoms with Gasteiger partial charge in [0.05, 0.1) is 13.2 Å². The predicted octanol–water partition coefficient (Wildman–Crippen LogP) is 0.197. The number of aromatic nitrogens is 2. The van der Waals surface area contributed by atoms with Crippen molar-refractivity contribution in [3.63, 3.8) is 0 Å². The summed E-state index contributed by atoms with van der Waals surface area (Å²) in [7, 11) is 0. The molecular weight excluding hydrogens is 166 g/mol. The number of hydrogen-bond acceptors (Lipinski definition) is 3. The maximum atomic E-state index is 8.76. The van der Waals surface area contributed by atoms with Crippen LogP contribution in [0.4, 0.5) is 0 Å². The van der Waals surface area contributed by atoms with Crippen LogP contribution in [0.3, 0.4) is 0 Å².